The summed E-state index contributed by atoms with van der Waals surface area (Å²) in [5.74, 6) is 1.000. The van der Waals surface area contributed by atoms with Crippen LogP contribution >= 0.6 is 0 Å². The summed E-state index contributed by atoms with van der Waals surface area (Å²) in [4.78, 5) is 16.7. The predicted octanol–water partition coefficient (Wildman–Crippen LogP) is 4.46. The Hall–Kier alpha value is -2.88. The first-order chi connectivity index (χ1) is 11.5. The van der Waals surface area contributed by atoms with Crippen molar-refractivity contribution in [1.82, 2.24) is 10.3 Å². The van der Waals surface area contributed by atoms with E-state index in [0.29, 0.717) is 22.8 Å². The predicted molar refractivity (Wildman–Crippen MR) is 94.7 cm³/mol. The lowest BCUT2D eigenvalue weighted by Gasteiger charge is -2.10. The molecule has 4 nitrogen and oxygen atoms in total. The van der Waals surface area contributed by atoms with Crippen LogP contribution in [-0.2, 0) is 0 Å². The van der Waals surface area contributed by atoms with Crippen molar-refractivity contribution >= 4 is 5.91 Å². The highest BCUT2D eigenvalue weighted by atomic mass is 16.4. The van der Waals surface area contributed by atoms with E-state index in [-0.39, 0.29) is 11.9 Å². The number of nitrogens with one attached hydrogen (secondary N) is 1. The molecule has 0 spiro atoms. The molecule has 0 fully saturated rings. The third-order valence-corrected chi connectivity index (χ3v) is 3.66. The number of carbonyl (C=O) groups excluding carboxylic acids is 1. The largest absolute Gasteiger partial charge is 0.436 e. The van der Waals surface area contributed by atoms with Crippen LogP contribution in [0.3, 0.4) is 0 Å². The molecule has 0 aliphatic rings. The number of aromatic nitrogens is 1. The smallest absolute Gasteiger partial charge is 0.252 e. The molecule has 3 aromatic rings. The van der Waals surface area contributed by atoms with Gasteiger partial charge in [0.2, 0.25) is 5.89 Å². The highest BCUT2D eigenvalue weighted by Gasteiger charge is 2.17. The highest BCUT2D eigenvalue weighted by molar-refractivity contribution is 6.00. The Morgan fingerprint density at radius 1 is 1.08 bits per heavy atom. The van der Waals surface area contributed by atoms with Gasteiger partial charge < -0.3 is 9.73 Å². The molecule has 1 N–H and O–H groups in total. The molecule has 4 heteroatoms. The zero-order valence-corrected chi connectivity index (χ0v) is 14.0. The molecule has 1 amide bonds. The Kier molecular flexibility index (Phi) is 4.47. The van der Waals surface area contributed by atoms with Gasteiger partial charge in [-0.2, -0.15) is 0 Å². The summed E-state index contributed by atoms with van der Waals surface area (Å²) in [6.45, 7) is 5.90. The van der Waals surface area contributed by atoms with Gasteiger partial charge in [-0.15, -0.1) is 0 Å². The molecule has 0 aliphatic heterocycles. The first-order valence-corrected chi connectivity index (χ1v) is 7.97. The number of hydrogen-bond donors (Lipinski definition) is 1. The number of nitrogens with zero attached hydrogens (tertiary/aromatic N) is 1. The van der Waals surface area contributed by atoms with Gasteiger partial charge in [-0.05, 0) is 32.9 Å². The maximum Gasteiger partial charge on any atom is 0.252 e. The van der Waals surface area contributed by atoms with E-state index < -0.39 is 0 Å². The monoisotopic (exact) mass is 320 g/mol. The summed E-state index contributed by atoms with van der Waals surface area (Å²) in [6, 6.07) is 15.5. The van der Waals surface area contributed by atoms with Crippen LogP contribution in [0.2, 0.25) is 0 Å². The van der Waals surface area contributed by atoms with E-state index in [1.807, 2.05) is 63.2 Å². The molecule has 0 aliphatic carbocycles. The number of carbonyl (C=O) groups is 1. The molecule has 24 heavy (non-hydrogen) atoms. The van der Waals surface area contributed by atoms with Crippen LogP contribution in [-0.4, -0.2) is 16.9 Å². The van der Waals surface area contributed by atoms with E-state index in [2.05, 4.69) is 10.3 Å². The molecule has 0 atom stereocenters. The number of hydrogen-bond acceptors (Lipinski definition) is 3. The summed E-state index contributed by atoms with van der Waals surface area (Å²) in [5.41, 5.74) is 3.40. The average Bonchev–Trinajstić information content (AvgIpc) is 3.05. The molecule has 0 saturated carbocycles. The minimum absolute atomic E-state index is 0.0678. The summed E-state index contributed by atoms with van der Waals surface area (Å²) < 4.78 is 5.90. The Labute approximate surface area is 141 Å². The van der Waals surface area contributed by atoms with E-state index in [0.717, 1.165) is 5.56 Å². The number of benzene rings is 2. The van der Waals surface area contributed by atoms with Gasteiger partial charge in [0.15, 0.2) is 5.76 Å². The summed E-state index contributed by atoms with van der Waals surface area (Å²) >= 11 is 0. The second kappa shape index (κ2) is 6.71. The van der Waals surface area contributed by atoms with Crippen LogP contribution in [0.4, 0.5) is 0 Å². The first kappa shape index (κ1) is 16.0. The zero-order valence-electron chi connectivity index (χ0n) is 14.0. The van der Waals surface area contributed by atoms with E-state index >= 15 is 0 Å². The number of aryl methyl sites for hydroxylation is 1. The lowest BCUT2D eigenvalue weighted by atomic mass is 10.1. The fraction of sp³-hybridized carbons (Fsp3) is 0.200. The van der Waals surface area contributed by atoms with Crippen LogP contribution in [0.15, 0.2) is 59.1 Å². The van der Waals surface area contributed by atoms with Crippen molar-refractivity contribution in [3.8, 4) is 22.8 Å². The van der Waals surface area contributed by atoms with Gasteiger partial charge >= 0.3 is 0 Å². The molecule has 1 heterocycles. The molecule has 0 saturated heterocycles. The molecule has 0 bridgehead atoms. The Balaban J connectivity index is 1.96. The van der Waals surface area contributed by atoms with Crippen LogP contribution in [0.5, 0.6) is 0 Å². The van der Waals surface area contributed by atoms with E-state index in [1.54, 1.807) is 12.3 Å². The van der Waals surface area contributed by atoms with E-state index in [4.69, 9.17) is 4.42 Å². The van der Waals surface area contributed by atoms with Crippen LogP contribution in [0.1, 0.15) is 29.8 Å². The number of oxazole rings is 1. The van der Waals surface area contributed by atoms with E-state index in [9.17, 15) is 4.79 Å². The van der Waals surface area contributed by atoms with Gasteiger partial charge in [-0.3, -0.25) is 4.79 Å². The van der Waals surface area contributed by atoms with Crippen molar-refractivity contribution in [2.24, 2.45) is 0 Å². The minimum atomic E-state index is -0.129. The van der Waals surface area contributed by atoms with Gasteiger partial charge in [0.05, 0.1) is 11.8 Å². The maximum absolute atomic E-state index is 12.4. The molecule has 3 rings (SSSR count). The standard InChI is InChI=1S/C20H20N2O2/c1-13(2)22-19(23)16-6-4-5-7-17(16)20-21-12-18(24-20)15-10-8-14(3)9-11-15/h4-13H,1-3H3,(H,22,23). The Morgan fingerprint density at radius 2 is 1.79 bits per heavy atom. The summed E-state index contributed by atoms with van der Waals surface area (Å²) in [7, 11) is 0. The van der Waals surface area contributed by atoms with Crippen molar-refractivity contribution in [3.63, 3.8) is 0 Å². The van der Waals surface area contributed by atoms with Gasteiger partial charge in [0, 0.05) is 17.2 Å². The highest BCUT2D eigenvalue weighted by Crippen LogP contribution is 2.28. The van der Waals surface area contributed by atoms with Gasteiger partial charge in [-0.25, -0.2) is 4.98 Å². The molecule has 122 valence electrons. The SMILES string of the molecule is Cc1ccc(-c2cnc(-c3ccccc3C(=O)NC(C)C)o2)cc1. The van der Waals surface area contributed by atoms with Crippen LogP contribution < -0.4 is 5.32 Å². The van der Waals surface area contributed by atoms with Crippen molar-refractivity contribution < 1.29 is 9.21 Å². The lowest BCUT2D eigenvalue weighted by molar-refractivity contribution is 0.0943. The normalized spacial score (nSPS) is 10.8. The average molecular weight is 320 g/mol. The fourth-order valence-electron chi connectivity index (χ4n) is 2.46. The third kappa shape index (κ3) is 3.38. The number of rotatable bonds is 4. The molecule has 1 aromatic heterocycles. The van der Waals surface area contributed by atoms with Crippen molar-refractivity contribution in [1.29, 1.82) is 0 Å². The van der Waals surface area contributed by atoms with Crippen LogP contribution in [0, 0.1) is 6.92 Å². The summed E-state index contributed by atoms with van der Waals surface area (Å²) in [6.07, 6.45) is 1.69. The van der Waals surface area contributed by atoms with Crippen molar-refractivity contribution in [2.75, 3.05) is 0 Å². The molecule has 0 radical (unpaired) electrons. The fourth-order valence-corrected chi connectivity index (χ4v) is 2.46. The molecular formula is C20H20N2O2. The Bertz CT molecular complexity index is 848. The molecular weight excluding hydrogens is 300 g/mol. The van der Waals surface area contributed by atoms with Crippen LogP contribution in [0.25, 0.3) is 22.8 Å². The maximum atomic E-state index is 12.4. The second-order valence-corrected chi connectivity index (χ2v) is 6.07. The van der Waals surface area contributed by atoms with Crippen molar-refractivity contribution in [3.05, 3.63) is 65.9 Å². The number of amides is 1. The second-order valence-electron chi connectivity index (χ2n) is 6.07. The van der Waals surface area contributed by atoms with Gasteiger partial charge in [-0.1, -0.05) is 42.0 Å². The van der Waals surface area contributed by atoms with Crippen molar-refractivity contribution in [2.45, 2.75) is 26.8 Å². The van der Waals surface area contributed by atoms with Gasteiger partial charge in [0.25, 0.3) is 5.91 Å². The quantitative estimate of drug-likeness (QED) is 0.772. The molecule has 0 unspecified atom stereocenters. The summed E-state index contributed by atoms with van der Waals surface area (Å²) in [5, 5.41) is 2.91. The Morgan fingerprint density at radius 3 is 2.50 bits per heavy atom. The third-order valence-electron chi connectivity index (χ3n) is 3.66. The lowest BCUT2D eigenvalue weighted by Crippen LogP contribution is -2.30. The van der Waals surface area contributed by atoms with E-state index in [1.165, 1.54) is 5.56 Å². The first-order valence-electron chi connectivity index (χ1n) is 7.97. The minimum Gasteiger partial charge on any atom is -0.436 e. The molecule has 2 aromatic carbocycles. The zero-order chi connectivity index (χ0) is 17.1. The van der Waals surface area contributed by atoms with Gasteiger partial charge in [0.1, 0.15) is 0 Å². The topological polar surface area (TPSA) is 55.1 Å².